The molecule has 0 amide bonds. The van der Waals surface area contributed by atoms with Gasteiger partial charge in [0.05, 0.1) is 10.7 Å². The Balaban J connectivity index is 1.94. The Morgan fingerprint density at radius 2 is 2.07 bits per heavy atom. The first kappa shape index (κ1) is 21.8. The Morgan fingerprint density at radius 3 is 2.74 bits per heavy atom. The number of nitrogens with zero attached hydrogens (tertiary/aromatic N) is 1. The van der Waals surface area contributed by atoms with Crippen LogP contribution in [0, 0.1) is 5.82 Å². The molecule has 0 aliphatic heterocycles. The number of hydrogen-bond donors (Lipinski definition) is 4. The minimum absolute atomic E-state index is 0.130. The maximum Gasteiger partial charge on any atom is 0.266 e. The lowest BCUT2D eigenvalue weighted by atomic mass is 10.2. The highest BCUT2D eigenvalue weighted by atomic mass is 35.5. The van der Waals surface area contributed by atoms with Crippen LogP contribution in [0.2, 0.25) is 5.02 Å². The van der Waals surface area contributed by atoms with Crippen molar-refractivity contribution in [3.63, 3.8) is 0 Å². The van der Waals surface area contributed by atoms with Gasteiger partial charge in [0.25, 0.3) is 10.0 Å². The summed E-state index contributed by atoms with van der Waals surface area (Å²) in [6, 6.07) is 2.46. The third kappa shape index (κ3) is 6.58. The van der Waals surface area contributed by atoms with Crippen molar-refractivity contribution in [1.82, 2.24) is 10.3 Å². The molecular weight excluding hydrogens is 413 g/mol. The fourth-order valence-electron chi connectivity index (χ4n) is 2.22. The number of halogens is 2. The normalized spacial score (nSPS) is 12.7. The second-order valence-electron chi connectivity index (χ2n) is 5.93. The third-order valence-corrected chi connectivity index (χ3v) is 6.21. The maximum atomic E-state index is 14.4. The predicted octanol–water partition coefficient (Wildman–Crippen LogP) is 2.87. The molecule has 7 nitrogen and oxygen atoms in total. The number of hydrogen-bond acceptors (Lipinski definition) is 7. The number of nitrogens with two attached hydrogens (primary N) is 1. The van der Waals surface area contributed by atoms with E-state index in [0.717, 1.165) is 42.9 Å². The molecule has 1 aromatic heterocycles. The average Bonchev–Trinajstić information content (AvgIpc) is 3.12. The largest absolute Gasteiger partial charge is 0.384 e. The van der Waals surface area contributed by atoms with Crippen LogP contribution >= 0.6 is 22.9 Å². The monoisotopic (exact) mass is 435 g/mol. The quantitative estimate of drug-likeness (QED) is 0.404. The molecular formula is C16H23ClFN5O2S2. The first-order valence-corrected chi connectivity index (χ1v) is 11.2. The van der Waals surface area contributed by atoms with Gasteiger partial charge >= 0.3 is 0 Å². The molecule has 150 valence electrons. The molecule has 2 rings (SSSR count). The van der Waals surface area contributed by atoms with Crippen LogP contribution in [-0.2, 0) is 10.0 Å². The summed E-state index contributed by atoms with van der Waals surface area (Å²) in [7, 11) is -4.10. The van der Waals surface area contributed by atoms with Crippen LogP contribution in [-0.4, -0.2) is 39.1 Å². The van der Waals surface area contributed by atoms with Gasteiger partial charge in [-0.1, -0.05) is 11.6 Å². The SMILES string of the molecule is C[C@H](CN)NCCCCNc1cc(F)c(S(=O)(=O)Nc2nccs2)cc1Cl. The van der Waals surface area contributed by atoms with Crippen molar-refractivity contribution in [2.45, 2.75) is 30.7 Å². The zero-order chi connectivity index (χ0) is 19.9. The number of rotatable bonds is 11. The van der Waals surface area contributed by atoms with Crippen LogP contribution in [0.15, 0.2) is 28.6 Å². The van der Waals surface area contributed by atoms with E-state index < -0.39 is 20.7 Å². The van der Waals surface area contributed by atoms with Crippen LogP contribution in [0.3, 0.4) is 0 Å². The van der Waals surface area contributed by atoms with E-state index in [1.165, 1.54) is 6.20 Å². The van der Waals surface area contributed by atoms with Crippen LogP contribution in [0.5, 0.6) is 0 Å². The van der Waals surface area contributed by atoms with Crippen molar-refractivity contribution in [3.05, 3.63) is 34.5 Å². The van der Waals surface area contributed by atoms with Gasteiger partial charge in [0, 0.05) is 30.7 Å². The Hall–Kier alpha value is -1.46. The van der Waals surface area contributed by atoms with Gasteiger partial charge < -0.3 is 16.4 Å². The number of anilines is 2. The summed E-state index contributed by atoms with van der Waals surface area (Å²) in [5, 5.41) is 8.21. The number of nitrogens with one attached hydrogen (secondary N) is 3. The second-order valence-corrected chi connectivity index (χ2v) is 8.88. The van der Waals surface area contributed by atoms with Crippen LogP contribution in [0.4, 0.5) is 15.2 Å². The summed E-state index contributed by atoms with van der Waals surface area (Å²) in [6.07, 6.45) is 3.21. The van der Waals surface area contributed by atoms with Crippen molar-refractivity contribution < 1.29 is 12.8 Å². The van der Waals surface area contributed by atoms with Gasteiger partial charge in [-0.05, 0) is 38.4 Å². The van der Waals surface area contributed by atoms with E-state index in [4.69, 9.17) is 17.3 Å². The van der Waals surface area contributed by atoms with Crippen molar-refractivity contribution in [1.29, 1.82) is 0 Å². The van der Waals surface area contributed by atoms with Gasteiger partial charge in [-0.15, -0.1) is 11.3 Å². The van der Waals surface area contributed by atoms with Crippen molar-refractivity contribution in [2.24, 2.45) is 5.73 Å². The van der Waals surface area contributed by atoms with Gasteiger partial charge in [0.1, 0.15) is 10.7 Å². The van der Waals surface area contributed by atoms with E-state index >= 15 is 0 Å². The van der Waals surface area contributed by atoms with E-state index in [1.54, 1.807) is 5.38 Å². The maximum absolute atomic E-state index is 14.4. The van der Waals surface area contributed by atoms with E-state index in [2.05, 4.69) is 20.3 Å². The van der Waals surface area contributed by atoms with Gasteiger partial charge in [0.2, 0.25) is 0 Å². The summed E-state index contributed by atoms with van der Waals surface area (Å²) in [6.45, 7) is 4.02. The number of benzene rings is 1. The first-order chi connectivity index (χ1) is 12.8. The molecule has 0 radical (unpaired) electrons. The van der Waals surface area contributed by atoms with Crippen LogP contribution in [0.1, 0.15) is 19.8 Å². The predicted molar refractivity (Wildman–Crippen MR) is 109 cm³/mol. The van der Waals surface area contributed by atoms with E-state index in [1.807, 2.05) is 6.92 Å². The minimum atomic E-state index is -4.10. The van der Waals surface area contributed by atoms with Gasteiger partial charge in [-0.3, -0.25) is 4.72 Å². The summed E-state index contributed by atoms with van der Waals surface area (Å²) in [4.78, 5) is 3.31. The third-order valence-electron chi connectivity index (χ3n) is 3.73. The van der Waals surface area contributed by atoms with Gasteiger partial charge in [-0.25, -0.2) is 17.8 Å². The van der Waals surface area contributed by atoms with E-state index in [-0.39, 0.29) is 16.2 Å². The molecule has 2 aromatic rings. The minimum Gasteiger partial charge on any atom is -0.384 e. The summed E-state index contributed by atoms with van der Waals surface area (Å²) in [5.41, 5.74) is 5.88. The molecule has 27 heavy (non-hydrogen) atoms. The number of unbranched alkanes of at least 4 members (excludes halogenated alkanes) is 1. The van der Waals surface area contributed by atoms with Crippen molar-refractivity contribution >= 4 is 43.8 Å². The highest BCUT2D eigenvalue weighted by molar-refractivity contribution is 7.93. The molecule has 0 unspecified atom stereocenters. The molecule has 0 saturated heterocycles. The highest BCUT2D eigenvalue weighted by Crippen LogP contribution is 2.29. The molecule has 0 aliphatic rings. The van der Waals surface area contributed by atoms with Crippen LogP contribution in [0.25, 0.3) is 0 Å². The fourth-order valence-corrected chi connectivity index (χ4v) is 4.39. The lowest BCUT2D eigenvalue weighted by Gasteiger charge is -2.13. The first-order valence-electron chi connectivity index (χ1n) is 8.42. The lowest BCUT2D eigenvalue weighted by Crippen LogP contribution is -2.33. The zero-order valence-electron chi connectivity index (χ0n) is 14.8. The zero-order valence-corrected chi connectivity index (χ0v) is 17.2. The molecule has 1 atom stereocenters. The molecule has 0 aliphatic carbocycles. The van der Waals surface area contributed by atoms with Crippen molar-refractivity contribution in [2.75, 3.05) is 29.7 Å². The van der Waals surface area contributed by atoms with Crippen molar-refractivity contribution in [3.8, 4) is 0 Å². The Labute approximate surface area is 167 Å². The molecule has 11 heteroatoms. The van der Waals surface area contributed by atoms with Gasteiger partial charge in [0.15, 0.2) is 5.13 Å². The molecule has 1 heterocycles. The fraction of sp³-hybridized carbons (Fsp3) is 0.438. The lowest BCUT2D eigenvalue weighted by molar-refractivity contribution is 0.537. The Morgan fingerprint density at radius 1 is 1.33 bits per heavy atom. The summed E-state index contributed by atoms with van der Waals surface area (Å²) in [5.74, 6) is -0.885. The Kier molecular flexibility index (Phi) is 8.24. The standard InChI is InChI=1S/C16H23ClFN5O2S2/c1-11(10-19)20-4-2-3-5-21-14-9-13(18)15(8-12(14)17)27(24,25)23-16-22-6-7-26-16/h6-9,11,20-21H,2-5,10,19H2,1H3,(H,22,23)/t11-/m1/s1. The number of sulfonamides is 1. The molecule has 0 bridgehead atoms. The van der Waals surface area contributed by atoms with E-state index in [9.17, 15) is 12.8 Å². The molecule has 1 aromatic carbocycles. The topological polar surface area (TPSA) is 109 Å². The van der Waals surface area contributed by atoms with Crippen LogP contribution < -0.4 is 21.1 Å². The smallest absolute Gasteiger partial charge is 0.266 e. The second kappa shape index (κ2) is 10.2. The highest BCUT2D eigenvalue weighted by Gasteiger charge is 2.22. The molecule has 5 N–H and O–H groups in total. The molecule has 0 saturated carbocycles. The number of thiazole rings is 1. The number of aromatic nitrogens is 1. The summed E-state index contributed by atoms with van der Waals surface area (Å²) < 4.78 is 41.2. The molecule has 0 spiro atoms. The Bertz CT molecular complexity index is 834. The van der Waals surface area contributed by atoms with E-state index in [0.29, 0.717) is 18.8 Å². The molecule has 0 fully saturated rings. The average molecular weight is 436 g/mol. The van der Waals surface area contributed by atoms with Gasteiger partial charge in [-0.2, -0.15) is 0 Å². The summed E-state index contributed by atoms with van der Waals surface area (Å²) >= 11 is 7.23.